The van der Waals surface area contributed by atoms with Gasteiger partial charge in [0.15, 0.2) is 0 Å². The number of carbonyl (C=O) groups is 1. The molecule has 136 valence electrons. The number of benzene rings is 2. The van der Waals surface area contributed by atoms with Gasteiger partial charge >= 0.3 is 13.1 Å². The molecule has 1 heterocycles. The van der Waals surface area contributed by atoms with Crippen molar-refractivity contribution in [3.8, 4) is 0 Å². The summed E-state index contributed by atoms with van der Waals surface area (Å²) in [4.78, 5) is 11.5. The fraction of sp³-hybridized carbons (Fsp3) is 0.381. The van der Waals surface area contributed by atoms with Crippen LogP contribution in [0.3, 0.4) is 0 Å². The zero-order chi connectivity index (χ0) is 18.9. The monoisotopic (exact) mass is 352 g/mol. The summed E-state index contributed by atoms with van der Waals surface area (Å²) in [6.45, 7) is 8.22. The minimum absolute atomic E-state index is 0.316. The van der Waals surface area contributed by atoms with Crippen molar-refractivity contribution in [1.82, 2.24) is 0 Å². The normalized spacial score (nSPS) is 18.0. The molecular weight excluding hydrogens is 327 g/mol. The molecule has 0 N–H and O–H groups in total. The molecule has 0 bridgehead atoms. The SMILES string of the molecule is COC(=O)c1ccc(Cc2ccc(B3OC(C)(C)C(C)(C)O3)cc2)cc1. The van der Waals surface area contributed by atoms with Gasteiger partial charge < -0.3 is 14.0 Å². The number of methoxy groups -OCH3 is 1. The van der Waals surface area contributed by atoms with E-state index in [4.69, 9.17) is 14.0 Å². The van der Waals surface area contributed by atoms with Gasteiger partial charge in [-0.3, -0.25) is 0 Å². The van der Waals surface area contributed by atoms with Crippen molar-refractivity contribution >= 4 is 18.6 Å². The molecule has 0 aliphatic carbocycles. The largest absolute Gasteiger partial charge is 0.494 e. The highest BCUT2D eigenvalue weighted by Crippen LogP contribution is 2.36. The molecule has 2 aromatic carbocycles. The van der Waals surface area contributed by atoms with E-state index in [1.807, 2.05) is 12.1 Å². The van der Waals surface area contributed by atoms with Crippen LogP contribution in [0.15, 0.2) is 48.5 Å². The summed E-state index contributed by atoms with van der Waals surface area (Å²) in [5, 5.41) is 0. The highest BCUT2D eigenvalue weighted by atomic mass is 16.7. The molecule has 0 amide bonds. The Labute approximate surface area is 155 Å². The van der Waals surface area contributed by atoms with E-state index in [9.17, 15) is 4.79 Å². The van der Waals surface area contributed by atoms with Crippen molar-refractivity contribution in [2.45, 2.75) is 45.3 Å². The standard InChI is InChI=1S/C21H25BO4/c1-20(2)21(3,4)26-22(25-20)18-12-8-16(9-13-18)14-15-6-10-17(11-7-15)19(23)24-5/h6-13H,14H2,1-5H3. The number of hydrogen-bond donors (Lipinski definition) is 0. The second-order valence-corrected chi connectivity index (χ2v) is 7.70. The van der Waals surface area contributed by atoms with Crippen LogP contribution in [0.4, 0.5) is 0 Å². The number of carbonyl (C=O) groups excluding carboxylic acids is 1. The Kier molecular flexibility index (Phi) is 4.95. The number of esters is 1. The van der Waals surface area contributed by atoms with Crippen molar-refractivity contribution in [3.63, 3.8) is 0 Å². The van der Waals surface area contributed by atoms with Crippen LogP contribution in [0, 0.1) is 0 Å². The highest BCUT2D eigenvalue weighted by Gasteiger charge is 2.51. The lowest BCUT2D eigenvalue weighted by Gasteiger charge is -2.32. The molecule has 1 aliphatic heterocycles. The Morgan fingerprint density at radius 2 is 1.35 bits per heavy atom. The molecule has 2 aromatic rings. The van der Waals surface area contributed by atoms with Crippen LogP contribution in [-0.2, 0) is 20.5 Å². The third-order valence-corrected chi connectivity index (χ3v) is 5.29. The van der Waals surface area contributed by atoms with Crippen LogP contribution in [0.2, 0.25) is 0 Å². The maximum absolute atomic E-state index is 11.5. The Bertz CT molecular complexity index is 763. The van der Waals surface area contributed by atoms with E-state index >= 15 is 0 Å². The average Bonchev–Trinajstić information content (AvgIpc) is 2.83. The Morgan fingerprint density at radius 1 is 0.885 bits per heavy atom. The van der Waals surface area contributed by atoms with E-state index in [2.05, 4.69) is 52.0 Å². The third kappa shape index (κ3) is 3.69. The van der Waals surface area contributed by atoms with Crippen LogP contribution in [-0.4, -0.2) is 31.4 Å². The van der Waals surface area contributed by atoms with Gasteiger partial charge in [0.25, 0.3) is 0 Å². The smallest absolute Gasteiger partial charge is 0.465 e. The molecule has 26 heavy (non-hydrogen) atoms. The minimum Gasteiger partial charge on any atom is -0.465 e. The average molecular weight is 352 g/mol. The molecule has 1 fully saturated rings. The molecule has 0 spiro atoms. The molecular formula is C21H25BO4. The van der Waals surface area contributed by atoms with E-state index in [-0.39, 0.29) is 24.3 Å². The fourth-order valence-electron chi connectivity index (χ4n) is 2.88. The first kappa shape index (κ1) is 18.7. The lowest BCUT2D eigenvalue weighted by Crippen LogP contribution is -2.41. The Morgan fingerprint density at radius 3 is 1.81 bits per heavy atom. The molecule has 0 radical (unpaired) electrons. The van der Waals surface area contributed by atoms with E-state index in [1.165, 1.54) is 12.7 Å². The Balaban J connectivity index is 1.68. The van der Waals surface area contributed by atoms with E-state index in [1.54, 1.807) is 12.1 Å². The van der Waals surface area contributed by atoms with Gasteiger partial charge in [-0.15, -0.1) is 0 Å². The maximum Gasteiger partial charge on any atom is 0.494 e. The minimum atomic E-state index is -0.339. The summed E-state index contributed by atoms with van der Waals surface area (Å²) in [6, 6.07) is 15.8. The molecule has 1 saturated heterocycles. The summed E-state index contributed by atoms with van der Waals surface area (Å²) >= 11 is 0. The van der Waals surface area contributed by atoms with E-state index < -0.39 is 0 Å². The van der Waals surface area contributed by atoms with Crippen molar-refractivity contribution < 1.29 is 18.8 Å². The molecule has 0 unspecified atom stereocenters. The second kappa shape index (κ2) is 6.90. The van der Waals surface area contributed by atoms with Crippen molar-refractivity contribution in [1.29, 1.82) is 0 Å². The molecule has 1 aliphatic rings. The number of hydrogen-bond acceptors (Lipinski definition) is 4. The molecule has 5 heteroatoms. The first-order valence-electron chi connectivity index (χ1n) is 8.83. The van der Waals surface area contributed by atoms with Gasteiger partial charge in [0.2, 0.25) is 0 Å². The van der Waals surface area contributed by atoms with Gasteiger partial charge in [0, 0.05) is 0 Å². The molecule has 4 nitrogen and oxygen atoms in total. The van der Waals surface area contributed by atoms with Crippen LogP contribution in [0.5, 0.6) is 0 Å². The molecule has 3 rings (SSSR count). The van der Waals surface area contributed by atoms with Crippen molar-refractivity contribution in [2.75, 3.05) is 7.11 Å². The van der Waals surface area contributed by atoms with Crippen LogP contribution in [0.25, 0.3) is 0 Å². The van der Waals surface area contributed by atoms with Crippen LogP contribution in [0.1, 0.15) is 49.2 Å². The predicted molar refractivity (Wildman–Crippen MR) is 103 cm³/mol. The maximum atomic E-state index is 11.5. The van der Waals surface area contributed by atoms with E-state index in [0.717, 1.165) is 17.4 Å². The molecule has 0 atom stereocenters. The molecule has 0 saturated carbocycles. The van der Waals surface area contributed by atoms with Gasteiger partial charge in [0.05, 0.1) is 23.9 Å². The zero-order valence-corrected chi connectivity index (χ0v) is 16.0. The van der Waals surface area contributed by atoms with Gasteiger partial charge in [-0.05, 0) is 62.8 Å². The second-order valence-electron chi connectivity index (χ2n) is 7.70. The predicted octanol–water partition coefficient (Wildman–Crippen LogP) is 3.36. The van der Waals surface area contributed by atoms with E-state index in [0.29, 0.717) is 5.56 Å². The van der Waals surface area contributed by atoms with Crippen molar-refractivity contribution in [3.05, 3.63) is 65.2 Å². The Hall–Kier alpha value is -2.11. The first-order chi connectivity index (χ1) is 12.2. The summed E-state index contributed by atoms with van der Waals surface area (Å²) in [5.41, 5.74) is 3.24. The van der Waals surface area contributed by atoms with Gasteiger partial charge in [-0.25, -0.2) is 4.79 Å². The van der Waals surface area contributed by atoms with Gasteiger partial charge in [-0.1, -0.05) is 36.4 Å². The number of ether oxygens (including phenoxy) is 1. The zero-order valence-electron chi connectivity index (χ0n) is 16.0. The summed E-state index contributed by atoms with van der Waals surface area (Å²) in [7, 11) is 1.05. The van der Waals surface area contributed by atoms with Gasteiger partial charge in [0.1, 0.15) is 0 Å². The quantitative estimate of drug-likeness (QED) is 0.625. The lowest BCUT2D eigenvalue weighted by atomic mass is 9.78. The number of rotatable bonds is 4. The first-order valence-corrected chi connectivity index (χ1v) is 8.83. The third-order valence-electron chi connectivity index (χ3n) is 5.29. The fourth-order valence-corrected chi connectivity index (χ4v) is 2.88. The van der Waals surface area contributed by atoms with Crippen LogP contribution >= 0.6 is 0 Å². The van der Waals surface area contributed by atoms with Crippen LogP contribution < -0.4 is 5.46 Å². The lowest BCUT2D eigenvalue weighted by molar-refractivity contribution is 0.00578. The van der Waals surface area contributed by atoms with Crippen molar-refractivity contribution in [2.24, 2.45) is 0 Å². The molecule has 0 aromatic heterocycles. The summed E-state index contributed by atoms with van der Waals surface area (Å²) in [6.07, 6.45) is 0.797. The summed E-state index contributed by atoms with van der Waals surface area (Å²) < 4.78 is 16.9. The van der Waals surface area contributed by atoms with Gasteiger partial charge in [-0.2, -0.15) is 0 Å². The highest BCUT2D eigenvalue weighted by molar-refractivity contribution is 6.62. The summed E-state index contributed by atoms with van der Waals surface area (Å²) in [5.74, 6) is -0.316. The topological polar surface area (TPSA) is 44.8 Å².